The van der Waals surface area contributed by atoms with Crippen LogP contribution in [-0.2, 0) is 4.74 Å². The predicted molar refractivity (Wildman–Crippen MR) is 142 cm³/mol. The number of anilines is 4. The number of ether oxygens (including phenoxy) is 1. The van der Waals surface area contributed by atoms with Gasteiger partial charge in [0.1, 0.15) is 17.7 Å². The molecule has 12 nitrogen and oxygen atoms in total. The van der Waals surface area contributed by atoms with Crippen LogP contribution >= 0.6 is 11.6 Å². The summed E-state index contributed by atoms with van der Waals surface area (Å²) in [5.41, 5.74) is 7.70. The van der Waals surface area contributed by atoms with E-state index in [0.29, 0.717) is 56.6 Å². The van der Waals surface area contributed by atoms with Crippen LogP contribution in [0.2, 0.25) is 5.15 Å². The molecule has 0 saturated carbocycles. The third-order valence-corrected chi connectivity index (χ3v) is 7.41. The number of benzene rings is 1. The third-order valence-electron chi connectivity index (χ3n) is 7.11. The van der Waals surface area contributed by atoms with Gasteiger partial charge in [0.15, 0.2) is 22.5 Å². The molecule has 3 aromatic rings. The fraction of sp³-hybridized carbons (Fsp3) is 0.458. The van der Waals surface area contributed by atoms with E-state index in [-0.39, 0.29) is 40.2 Å². The lowest BCUT2D eigenvalue weighted by Crippen LogP contribution is -2.55. The first-order valence-electron chi connectivity index (χ1n) is 12.4. The number of rotatable bonds is 5. The average Bonchev–Trinajstić information content (AvgIpc) is 3.40. The lowest BCUT2D eigenvalue weighted by Gasteiger charge is -2.44. The fourth-order valence-electron chi connectivity index (χ4n) is 4.70. The summed E-state index contributed by atoms with van der Waals surface area (Å²) in [4.78, 5) is 27.0. The number of morpholine rings is 1. The zero-order chi connectivity index (χ0) is 27.0. The van der Waals surface area contributed by atoms with E-state index in [1.807, 2.05) is 0 Å². The summed E-state index contributed by atoms with van der Waals surface area (Å²) >= 11 is 6.11. The third kappa shape index (κ3) is 5.08. The zero-order valence-electron chi connectivity index (χ0n) is 21.4. The molecule has 5 rings (SSSR count). The highest BCUT2D eigenvalue weighted by Crippen LogP contribution is 2.36. The van der Waals surface area contributed by atoms with Crippen LogP contribution in [0.1, 0.15) is 24.3 Å². The van der Waals surface area contributed by atoms with Crippen molar-refractivity contribution in [1.29, 1.82) is 0 Å². The largest absolute Gasteiger partial charge is 0.393 e. The number of carbonyl (C=O) groups is 1. The fourth-order valence-corrected chi connectivity index (χ4v) is 4.83. The molecule has 0 spiro atoms. The number of halogens is 2. The van der Waals surface area contributed by atoms with Crippen LogP contribution in [0.25, 0.3) is 5.69 Å². The number of nitrogen functional groups attached to an aromatic ring is 1. The molecular formula is C24H30ClFN10O2. The van der Waals surface area contributed by atoms with Crippen LogP contribution < -0.4 is 16.0 Å². The Morgan fingerprint density at radius 3 is 2.58 bits per heavy atom. The topological polar surface area (TPSA) is 131 Å². The van der Waals surface area contributed by atoms with Crippen molar-refractivity contribution in [2.45, 2.75) is 25.9 Å². The number of nitrogens with one attached hydrogen (secondary N) is 1. The first-order valence-corrected chi connectivity index (χ1v) is 12.7. The van der Waals surface area contributed by atoms with Crippen molar-refractivity contribution in [3.63, 3.8) is 0 Å². The van der Waals surface area contributed by atoms with Crippen molar-refractivity contribution in [1.82, 2.24) is 34.8 Å². The number of nitrogens with two attached hydrogens (primary N) is 1. The van der Waals surface area contributed by atoms with Gasteiger partial charge in [-0.2, -0.15) is 0 Å². The monoisotopic (exact) mass is 544 g/mol. The quantitative estimate of drug-likeness (QED) is 0.461. The number of nitrogens with zero attached hydrogens (tertiary/aromatic N) is 8. The Kier molecular flexibility index (Phi) is 7.32. The van der Waals surface area contributed by atoms with Gasteiger partial charge in [0, 0.05) is 44.3 Å². The summed E-state index contributed by atoms with van der Waals surface area (Å²) in [6.45, 7) is 7.50. The minimum absolute atomic E-state index is 0.107. The van der Waals surface area contributed by atoms with E-state index in [4.69, 9.17) is 22.1 Å². The summed E-state index contributed by atoms with van der Waals surface area (Å²) in [6.07, 6.45) is 2.72. The standard InChI is InChI=1S/C24H30ClFN10O2/c1-14-10-35(11-15(2)33(14)3)20-8-16(26)19(9-17(20)30-23-21(27)22(25)28-13-29-23)36-12-18(31-32-36)24(37)34-4-6-38-7-5-34/h8-9,12-15H,4-7,10-11,27H2,1-3H3,(H,28,29,30)/t14-,15+. The normalized spacial score (nSPS) is 20.6. The van der Waals surface area contributed by atoms with E-state index in [2.05, 4.69) is 56.3 Å². The van der Waals surface area contributed by atoms with E-state index in [1.165, 1.54) is 23.3 Å². The SMILES string of the molecule is C[C@@H]1CN(c2cc(F)c(-n3cc(C(=O)N4CCOCC4)nn3)cc2Nc2ncnc(Cl)c2N)C[C@H](C)N1C. The van der Waals surface area contributed by atoms with Crippen molar-refractivity contribution in [2.75, 3.05) is 62.4 Å². The Bertz CT molecular complexity index is 1320. The summed E-state index contributed by atoms with van der Waals surface area (Å²) in [6, 6.07) is 3.55. The van der Waals surface area contributed by atoms with E-state index < -0.39 is 5.82 Å². The molecule has 2 atom stereocenters. The van der Waals surface area contributed by atoms with E-state index in [1.54, 1.807) is 11.0 Å². The number of amides is 1. The highest BCUT2D eigenvalue weighted by Gasteiger charge is 2.29. The maximum Gasteiger partial charge on any atom is 0.276 e. The number of hydrogen-bond donors (Lipinski definition) is 2. The maximum atomic E-state index is 15.7. The second kappa shape index (κ2) is 10.7. The minimum Gasteiger partial charge on any atom is -0.393 e. The van der Waals surface area contributed by atoms with Gasteiger partial charge in [0.05, 0.1) is 30.8 Å². The maximum absolute atomic E-state index is 15.7. The molecule has 0 bridgehead atoms. The van der Waals surface area contributed by atoms with Gasteiger partial charge in [-0.25, -0.2) is 19.0 Å². The van der Waals surface area contributed by atoms with Crippen LogP contribution in [0.4, 0.5) is 27.3 Å². The molecule has 2 fully saturated rings. The Balaban J connectivity index is 1.53. The summed E-state index contributed by atoms with van der Waals surface area (Å²) in [7, 11) is 2.08. The Hall–Kier alpha value is -3.55. The Morgan fingerprint density at radius 1 is 1.16 bits per heavy atom. The van der Waals surface area contributed by atoms with Crippen molar-refractivity contribution < 1.29 is 13.9 Å². The highest BCUT2D eigenvalue weighted by molar-refractivity contribution is 6.32. The Morgan fingerprint density at radius 2 is 1.87 bits per heavy atom. The predicted octanol–water partition coefficient (Wildman–Crippen LogP) is 2.18. The molecule has 3 N–H and O–H groups in total. The smallest absolute Gasteiger partial charge is 0.276 e. The van der Waals surface area contributed by atoms with Crippen molar-refractivity contribution in [2.24, 2.45) is 0 Å². The molecule has 1 aromatic carbocycles. The van der Waals surface area contributed by atoms with Gasteiger partial charge in [0.2, 0.25) is 0 Å². The first kappa shape index (κ1) is 26.1. The van der Waals surface area contributed by atoms with Crippen LogP contribution in [0.5, 0.6) is 0 Å². The van der Waals surface area contributed by atoms with E-state index in [0.717, 1.165) is 0 Å². The number of piperazine rings is 1. The second-order valence-corrected chi connectivity index (χ2v) is 9.95. The van der Waals surface area contributed by atoms with Crippen LogP contribution in [0.15, 0.2) is 24.7 Å². The van der Waals surface area contributed by atoms with Gasteiger partial charge >= 0.3 is 0 Å². The summed E-state index contributed by atoms with van der Waals surface area (Å²) < 4.78 is 22.2. The molecule has 0 aliphatic carbocycles. The van der Waals surface area contributed by atoms with Crippen molar-refractivity contribution >= 4 is 40.4 Å². The van der Waals surface area contributed by atoms with Gasteiger partial charge in [-0.1, -0.05) is 16.8 Å². The van der Waals surface area contributed by atoms with Gasteiger partial charge in [-0.15, -0.1) is 5.10 Å². The van der Waals surface area contributed by atoms with Crippen LogP contribution in [0, 0.1) is 5.82 Å². The number of carbonyl (C=O) groups excluding carboxylic acids is 1. The van der Waals surface area contributed by atoms with E-state index >= 15 is 4.39 Å². The molecule has 2 saturated heterocycles. The molecule has 202 valence electrons. The molecule has 2 aromatic heterocycles. The van der Waals surface area contributed by atoms with Crippen molar-refractivity contribution in [3.8, 4) is 5.69 Å². The number of aromatic nitrogens is 5. The van der Waals surface area contributed by atoms with Crippen molar-refractivity contribution in [3.05, 3.63) is 41.3 Å². The Labute approximate surface area is 224 Å². The molecule has 38 heavy (non-hydrogen) atoms. The molecule has 2 aliphatic rings. The molecule has 14 heteroatoms. The van der Waals surface area contributed by atoms with Crippen LogP contribution in [-0.4, -0.2) is 99.2 Å². The lowest BCUT2D eigenvalue weighted by molar-refractivity contribution is 0.0299. The number of hydrogen-bond acceptors (Lipinski definition) is 10. The molecule has 0 radical (unpaired) electrons. The molecular weight excluding hydrogens is 515 g/mol. The highest BCUT2D eigenvalue weighted by atomic mass is 35.5. The van der Waals surface area contributed by atoms with Gasteiger partial charge in [-0.05, 0) is 27.0 Å². The second-order valence-electron chi connectivity index (χ2n) is 9.59. The first-order chi connectivity index (χ1) is 18.2. The zero-order valence-corrected chi connectivity index (χ0v) is 22.2. The lowest BCUT2D eigenvalue weighted by atomic mass is 10.1. The minimum atomic E-state index is -0.520. The average molecular weight is 545 g/mol. The van der Waals surface area contributed by atoms with Gasteiger partial charge < -0.3 is 25.6 Å². The van der Waals surface area contributed by atoms with E-state index in [9.17, 15) is 4.79 Å². The van der Waals surface area contributed by atoms with Crippen LogP contribution in [0.3, 0.4) is 0 Å². The molecule has 4 heterocycles. The number of likely N-dealkylation sites (N-methyl/N-ethyl adjacent to an activating group) is 1. The molecule has 1 amide bonds. The van der Waals surface area contributed by atoms with Gasteiger partial charge in [-0.3, -0.25) is 9.69 Å². The molecule has 0 unspecified atom stereocenters. The summed E-state index contributed by atoms with van der Waals surface area (Å²) in [5.74, 6) is -0.506. The summed E-state index contributed by atoms with van der Waals surface area (Å²) in [5, 5.41) is 11.4. The molecule has 2 aliphatic heterocycles. The van der Waals surface area contributed by atoms with Gasteiger partial charge in [0.25, 0.3) is 5.91 Å².